The molecule has 2 heterocycles. The number of para-hydroxylation sites is 2. The molecular weight excluding hydrogens is 420 g/mol. The molecule has 0 aliphatic rings. The molecule has 2 N–H and O–H groups in total. The Morgan fingerprint density at radius 3 is 1.44 bits per heavy atom. The maximum atomic E-state index is 6.58. The number of rotatable bonds is 12. The minimum Gasteiger partial charge on any atom is -0.491 e. The van der Waals surface area contributed by atoms with Crippen molar-refractivity contribution in [2.24, 2.45) is 0 Å². The summed E-state index contributed by atoms with van der Waals surface area (Å²) in [5, 5.41) is 4.59. The van der Waals surface area contributed by atoms with Crippen LogP contribution in [0.1, 0.15) is 65.2 Å². The molecule has 0 atom stereocenters. The van der Waals surface area contributed by atoms with Gasteiger partial charge in [0.25, 0.3) is 0 Å². The first-order valence-electron chi connectivity index (χ1n) is 13.1. The summed E-state index contributed by atoms with van der Waals surface area (Å²) < 4.78 is 13.2. The number of ether oxygens (including phenoxy) is 2. The molecule has 4 heteroatoms. The highest BCUT2D eigenvalue weighted by atomic mass is 16.5. The van der Waals surface area contributed by atoms with Crippen molar-refractivity contribution >= 4 is 43.6 Å². The van der Waals surface area contributed by atoms with Crippen LogP contribution in [0.3, 0.4) is 0 Å². The Balaban J connectivity index is 1.69. The minimum absolute atomic E-state index is 0.719. The molecule has 2 aromatic heterocycles. The molecule has 3 aromatic carbocycles. The summed E-state index contributed by atoms with van der Waals surface area (Å²) in [7, 11) is 0. The number of hydrogen-bond donors (Lipinski definition) is 2. The van der Waals surface area contributed by atoms with Crippen molar-refractivity contribution in [1.82, 2.24) is 9.97 Å². The van der Waals surface area contributed by atoms with Crippen LogP contribution in [0, 0.1) is 0 Å². The number of H-pyrrole nitrogens is 2. The largest absolute Gasteiger partial charge is 0.491 e. The lowest BCUT2D eigenvalue weighted by atomic mass is 10.1. The van der Waals surface area contributed by atoms with Crippen molar-refractivity contribution in [3.05, 3.63) is 48.5 Å². The summed E-state index contributed by atoms with van der Waals surface area (Å²) in [4.78, 5) is 7.36. The summed E-state index contributed by atoms with van der Waals surface area (Å²) in [5.41, 5.74) is 4.30. The minimum atomic E-state index is 0.719. The zero-order valence-electron chi connectivity index (χ0n) is 20.5. The lowest BCUT2D eigenvalue weighted by Crippen LogP contribution is -2.02. The molecule has 0 aliphatic heterocycles. The number of aromatic nitrogens is 2. The van der Waals surface area contributed by atoms with Crippen molar-refractivity contribution in [2.75, 3.05) is 13.2 Å². The highest BCUT2D eigenvalue weighted by Gasteiger charge is 2.23. The third-order valence-corrected chi connectivity index (χ3v) is 6.81. The molecule has 0 fully saturated rings. The van der Waals surface area contributed by atoms with Gasteiger partial charge < -0.3 is 19.4 Å². The molecule has 34 heavy (non-hydrogen) atoms. The summed E-state index contributed by atoms with van der Waals surface area (Å²) in [5.74, 6) is 1.88. The van der Waals surface area contributed by atoms with E-state index in [1.54, 1.807) is 0 Å². The molecule has 0 saturated carbocycles. The number of nitrogens with one attached hydrogen (secondary N) is 2. The Morgan fingerprint density at radius 1 is 0.559 bits per heavy atom. The second kappa shape index (κ2) is 10.4. The first-order valence-corrected chi connectivity index (χ1v) is 13.1. The number of aromatic amines is 2. The average Bonchev–Trinajstić information content (AvgIpc) is 3.44. The van der Waals surface area contributed by atoms with Gasteiger partial charge in [0, 0.05) is 21.8 Å². The van der Waals surface area contributed by atoms with E-state index in [-0.39, 0.29) is 0 Å². The van der Waals surface area contributed by atoms with Gasteiger partial charge in [0.15, 0.2) is 11.5 Å². The lowest BCUT2D eigenvalue weighted by molar-refractivity contribution is 0.306. The van der Waals surface area contributed by atoms with Gasteiger partial charge in [0.05, 0.1) is 35.0 Å². The fraction of sp³-hybridized carbons (Fsp3) is 0.400. The van der Waals surface area contributed by atoms with E-state index in [2.05, 4.69) is 72.3 Å². The second-order valence-corrected chi connectivity index (χ2v) is 9.32. The normalized spacial score (nSPS) is 11.8. The summed E-state index contributed by atoms with van der Waals surface area (Å²) in [6.45, 7) is 5.92. The standard InChI is InChI=1S/C30H36N2O2/c1-3-5-7-13-19-33-29-25-21-15-9-11-17-23(21)32-28(25)30(34-20-14-8-6-4-2)26-22-16-10-12-18-24(22)31-27(26)29/h9-12,15-18,31-32H,3-8,13-14,19-20H2,1-2H3. The number of benzene rings is 3. The maximum absolute atomic E-state index is 6.58. The SMILES string of the molecule is CCCCCCOc1c2[nH]c3ccccc3c2c(OCCCCCC)c2[nH]c3ccccc3c12. The van der Waals surface area contributed by atoms with E-state index >= 15 is 0 Å². The van der Waals surface area contributed by atoms with Gasteiger partial charge in [0.1, 0.15) is 0 Å². The quantitative estimate of drug-likeness (QED) is 0.184. The monoisotopic (exact) mass is 456 g/mol. The Hall–Kier alpha value is -3.14. The fourth-order valence-electron chi connectivity index (χ4n) is 5.04. The molecule has 4 nitrogen and oxygen atoms in total. The van der Waals surface area contributed by atoms with Crippen molar-refractivity contribution in [2.45, 2.75) is 65.2 Å². The second-order valence-electron chi connectivity index (χ2n) is 9.32. The van der Waals surface area contributed by atoms with E-state index in [4.69, 9.17) is 9.47 Å². The van der Waals surface area contributed by atoms with Crippen LogP contribution in [0.2, 0.25) is 0 Å². The third-order valence-electron chi connectivity index (χ3n) is 6.81. The van der Waals surface area contributed by atoms with Crippen molar-refractivity contribution in [3.63, 3.8) is 0 Å². The first kappa shape index (κ1) is 22.6. The molecule has 0 aliphatic carbocycles. The van der Waals surface area contributed by atoms with Crippen LogP contribution in [-0.4, -0.2) is 23.2 Å². The molecule has 0 amide bonds. The molecule has 5 rings (SSSR count). The van der Waals surface area contributed by atoms with E-state index in [0.29, 0.717) is 0 Å². The van der Waals surface area contributed by atoms with Gasteiger partial charge in [0.2, 0.25) is 0 Å². The van der Waals surface area contributed by atoms with Crippen LogP contribution in [0.15, 0.2) is 48.5 Å². The van der Waals surface area contributed by atoms with Gasteiger partial charge in [-0.3, -0.25) is 0 Å². The molecule has 178 valence electrons. The Morgan fingerprint density at radius 2 is 1.00 bits per heavy atom. The lowest BCUT2D eigenvalue weighted by Gasteiger charge is -2.14. The topological polar surface area (TPSA) is 50.0 Å². The van der Waals surface area contributed by atoms with Crippen molar-refractivity contribution in [1.29, 1.82) is 0 Å². The average molecular weight is 457 g/mol. The summed E-state index contributed by atoms with van der Waals surface area (Å²) in [6, 6.07) is 17.0. The highest BCUT2D eigenvalue weighted by Crippen LogP contribution is 2.48. The van der Waals surface area contributed by atoms with Crippen LogP contribution >= 0.6 is 0 Å². The van der Waals surface area contributed by atoms with E-state index in [0.717, 1.165) is 70.4 Å². The zero-order valence-corrected chi connectivity index (χ0v) is 20.5. The summed E-state index contributed by atoms with van der Waals surface area (Å²) in [6.07, 6.45) is 9.47. The fourth-order valence-corrected chi connectivity index (χ4v) is 5.04. The predicted molar refractivity (Wildman–Crippen MR) is 144 cm³/mol. The van der Waals surface area contributed by atoms with E-state index < -0.39 is 0 Å². The van der Waals surface area contributed by atoms with Crippen molar-refractivity contribution in [3.8, 4) is 11.5 Å². The van der Waals surface area contributed by atoms with Crippen molar-refractivity contribution < 1.29 is 9.47 Å². The Bertz CT molecular complexity index is 1290. The Labute approximate surface area is 201 Å². The highest BCUT2D eigenvalue weighted by molar-refractivity contribution is 6.25. The molecule has 0 spiro atoms. The van der Waals surface area contributed by atoms with Crippen LogP contribution < -0.4 is 9.47 Å². The Kier molecular flexibility index (Phi) is 6.94. The van der Waals surface area contributed by atoms with E-state index in [1.165, 1.54) is 49.3 Å². The first-order chi connectivity index (χ1) is 16.8. The van der Waals surface area contributed by atoms with Crippen LogP contribution in [0.25, 0.3) is 43.6 Å². The van der Waals surface area contributed by atoms with Crippen LogP contribution in [0.4, 0.5) is 0 Å². The van der Waals surface area contributed by atoms with Gasteiger partial charge in [-0.15, -0.1) is 0 Å². The van der Waals surface area contributed by atoms with Gasteiger partial charge in [-0.05, 0) is 25.0 Å². The van der Waals surface area contributed by atoms with Gasteiger partial charge in [-0.1, -0.05) is 88.8 Å². The maximum Gasteiger partial charge on any atom is 0.153 e. The molecule has 0 unspecified atom stereocenters. The molecule has 0 saturated heterocycles. The number of hydrogen-bond acceptors (Lipinski definition) is 2. The van der Waals surface area contributed by atoms with E-state index in [1.807, 2.05) is 0 Å². The predicted octanol–water partition coefficient (Wildman–Crippen LogP) is 8.87. The third kappa shape index (κ3) is 4.22. The van der Waals surface area contributed by atoms with Gasteiger partial charge >= 0.3 is 0 Å². The van der Waals surface area contributed by atoms with Gasteiger partial charge in [-0.25, -0.2) is 0 Å². The summed E-state index contributed by atoms with van der Waals surface area (Å²) >= 11 is 0. The molecule has 5 aromatic rings. The number of fused-ring (bicyclic) bond motifs is 6. The van der Waals surface area contributed by atoms with Gasteiger partial charge in [-0.2, -0.15) is 0 Å². The van der Waals surface area contributed by atoms with E-state index in [9.17, 15) is 0 Å². The molecule has 0 radical (unpaired) electrons. The molecule has 0 bridgehead atoms. The van der Waals surface area contributed by atoms with Crippen LogP contribution in [0.5, 0.6) is 11.5 Å². The molecular formula is C30H36N2O2. The van der Waals surface area contributed by atoms with Crippen LogP contribution in [-0.2, 0) is 0 Å². The number of unbranched alkanes of at least 4 members (excludes halogenated alkanes) is 6. The smallest absolute Gasteiger partial charge is 0.153 e. The zero-order chi connectivity index (χ0) is 23.3.